The predicted octanol–water partition coefficient (Wildman–Crippen LogP) is 4.85. The number of hydrogen-bond donors (Lipinski definition) is 1. The Labute approximate surface area is 251 Å². The van der Waals surface area contributed by atoms with E-state index in [2.05, 4.69) is 38.2 Å². The Bertz CT molecular complexity index is 1820. The number of anilines is 1. The monoisotopic (exact) mass is 599 g/mol. The average molecular weight is 600 g/mol. The van der Waals surface area contributed by atoms with E-state index < -0.39 is 0 Å². The summed E-state index contributed by atoms with van der Waals surface area (Å²) in [6.45, 7) is 6.85. The average Bonchev–Trinajstić information content (AvgIpc) is 3.77. The zero-order valence-corrected chi connectivity index (χ0v) is 24.4. The first kappa shape index (κ1) is 27.3. The zero-order chi connectivity index (χ0) is 29.5. The van der Waals surface area contributed by atoms with Gasteiger partial charge in [-0.05, 0) is 41.6 Å². The molecule has 0 atom stereocenters. The lowest BCUT2D eigenvalue weighted by Gasteiger charge is -2.38. The molecule has 1 N–H and O–H groups in total. The van der Waals surface area contributed by atoms with E-state index in [1.165, 1.54) is 23.8 Å². The Hall–Kier alpha value is -4.55. The van der Waals surface area contributed by atoms with Gasteiger partial charge in [0.2, 0.25) is 5.91 Å². The minimum atomic E-state index is -0.384. The fourth-order valence-corrected chi connectivity index (χ4v) is 6.70. The third-order valence-corrected chi connectivity index (χ3v) is 8.98. The highest BCUT2D eigenvalue weighted by atomic mass is 32.1. The summed E-state index contributed by atoms with van der Waals surface area (Å²) in [7, 11) is 1.60. The van der Waals surface area contributed by atoms with E-state index >= 15 is 0 Å². The van der Waals surface area contributed by atoms with Crippen LogP contribution >= 0.6 is 11.3 Å². The number of likely N-dealkylation sites (tertiary alicyclic amines) is 1. The number of carbonyl (C=O) groups excluding carboxylic acids is 1. The minimum absolute atomic E-state index is 0.0608. The van der Waals surface area contributed by atoms with Crippen molar-refractivity contribution >= 4 is 33.1 Å². The number of nitrogens with one attached hydrogen (secondary N) is 1. The van der Waals surface area contributed by atoms with Gasteiger partial charge < -0.3 is 19.3 Å². The van der Waals surface area contributed by atoms with Crippen LogP contribution in [0.1, 0.15) is 17.3 Å². The summed E-state index contributed by atoms with van der Waals surface area (Å²) in [5, 5.41) is 15.1. The number of rotatable bonds is 9. The van der Waals surface area contributed by atoms with Crippen LogP contribution in [0.3, 0.4) is 0 Å². The van der Waals surface area contributed by atoms with Crippen molar-refractivity contribution in [2.45, 2.75) is 19.0 Å². The molecular formula is C31H30FN7O3S. The summed E-state index contributed by atoms with van der Waals surface area (Å²) in [5.41, 5.74) is 5.47. The molecule has 1 amide bonds. The third kappa shape index (κ3) is 4.96. The molecule has 0 saturated carbocycles. The number of H-pyrrole nitrogens is 1. The number of thiophene rings is 1. The second kappa shape index (κ2) is 11.3. The Morgan fingerprint density at radius 2 is 2.14 bits per heavy atom. The van der Waals surface area contributed by atoms with Crippen molar-refractivity contribution in [3.63, 3.8) is 0 Å². The quantitative estimate of drug-likeness (QED) is 0.191. The second-order valence-electron chi connectivity index (χ2n) is 10.7. The molecule has 7 rings (SSSR count). The van der Waals surface area contributed by atoms with Gasteiger partial charge in [0.1, 0.15) is 24.0 Å². The third-order valence-electron chi connectivity index (χ3n) is 8.05. The van der Waals surface area contributed by atoms with E-state index in [9.17, 15) is 9.18 Å². The lowest BCUT2D eigenvalue weighted by Crippen LogP contribution is -2.50. The Kier molecular flexibility index (Phi) is 7.15. The van der Waals surface area contributed by atoms with Gasteiger partial charge in [-0.1, -0.05) is 6.58 Å². The molecule has 5 aromatic rings. The Morgan fingerprint density at radius 3 is 2.98 bits per heavy atom. The van der Waals surface area contributed by atoms with Crippen molar-refractivity contribution in [1.29, 1.82) is 0 Å². The van der Waals surface area contributed by atoms with Crippen LogP contribution in [0.2, 0.25) is 0 Å². The fraction of sp³-hybridized carbons (Fsp3) is 0.290. The molecule has 220 valence electrons. The van der Waals surface area contributed by atoms with Gasteiger partial charge in [0, 0.05) is 65.8 Å². The molecule has 0 unspecified atom stereocenters. The normalized spacial score (nSPS) is 15.0. The number of hydrogen-bond acceptors (Lipinski definition) is 8. The van der Waals surface area contributed by atoms with Gasteiger partial charge in [0.15, 0.2) is 0 Å². The van der Waals surface area contributed by atoms with Crippen molar-refractivity contribution in [3.8, 4) is 28.1 Å². The second-order valence-corrected chi connectivity index (χ2v) is 11.6. The number of ether oxygens (including phenoxy) is 2. The lowest BCUT2D eigenvalue weighted by molar-refractivity contribution is -0.131. The van der Waals surface area contributed by atoms with E-state index in [1.807, 2.05) is 23.3 Å². The molecule has 10 nitrogen and oxygen atoms in total. The van der Waals surface area contributed by atoms with Crippen molar-refractivity contribution in [3.05, 3.63) is 78.0 Å². The van der Waals surface area contributed by atoms with E-state index in [4.69, 9.17) is 14.5 Å². The molecule has 0 aliphatic carbocycles. The zero-order valence-electron chi connectivity index (χ0n) is 23.6. The molecule has 4 aromatic heterocycles. The number of fused-ring (bicyclic) bond motifs is 2. The number of aromatic nitrogens is 5. The first-order valence-electron chi connectivity index (χ1n) is 14.1. The SMILES string of the molecule is C=CC(=O)N1CC(n2cc(-c3nc(N4CCc5cn[nH]c5C4)c4ccsc4c3-c3ccc(F)cc3OCCOC)cn2)C1. The van der Waals surface area contributed by atoms with Crippen LogP contribution in [0, 0.1) is 5.82 Å². The summed E-state index contributed by atoms with van der Waals surface area (Å²) in [4.78, 5) is 21.3. The molecule has 0 bridgehead atoms. The number of amides is 1. The smallest absolute Gasteiger partial charge is 0.246 e. The standard InChI is InChI=1S/C31H30FN7O3S/c1-3-27(40)38-16-22(17-38)39-15-20(14-34-39)29-28(23-5-4-21(32)12-26(23)42-10-9-41-2)30-24(7-11-43-30)31(35-29)37-8-6-19-13-33-36-25(19)18-37/h3-5,7,11-15,22H,1,6,8-10,16-18H2,2H3,(H,33,36). The van der Waals surface area contributed by atoms with E-state index in [-0.39, 0.29) is 24.4 Å². The molecule has 1 saturated heterocycles. The van der Waals surface area contributed by atoms with Crippen LogP contribution in [0.15, 0.2) is 60.9 Å². The van der Waals surface area contributed by atoms with Crippen molar-refractivity contribution in [1.82, 2.24) is 29.9 Å². The van der Waals surface area contributed by atoms with Crippen LogP contribution in [-0.2, 0) is 22.5 Å². The van der Waals surface area contributed by atoms with Crippen molar-refractivity contribution in [2.75, 3.05) is 44.9 Å². The maximum atomic E-state index is 14.5. The van der Waals surface area contributed by atoms with Gasteiger partial charge >= 0.3 is 0 Å². The Morgan fingerprint density at radius 1 is 1.26 bits per heavy atom. The summed E-state index contributed by atoms with van der Waals surface area (Å²) >= 11 is 1.62. The number of benzene rings is 1. The molecule has 0 radical (unpaired) electrons. The maximum Gasteiger partial charge on any atom is 0.246 e. The summed E-state index contributed by atoms with van der Waals surface area (Å²) in [5.74, 6) is 0.829. The van der Waals surface area contributed by atoms with Crippen LogP contribution in [0.4, 0.5) is 10.2 Å². The Balaban J connectivity index is 1.36. The molecule has 6 heterocycles. The molecule has 2 aliphatic heterocycles. The molecule has 2 aliphatic rings. The van der Waals surface area contributed by atoms with Crippen molar-refractivity contribution < 1.29 is 18.7 Å². The summed E-state index contributed by atoms with van der Waals surface area (Å²) in [6.07, 6.45) is 7.89. The minimum Gasteiger partial charge on any atom is -0.490 e. The van der Waals surface area contributed by atoms with Crippen LogP contribution in [-0.4, -0.2) is 75.7 Å². The van der Waals surface area contributed by atoms with Gasteiger partial charge in [0.25, 0.3) is 0 Å². The van der Waals surface area contributed by atoms with Crippen LogP contribution < -0.4 is 9.64 Å². The van der Waals surface area contributed by atoms with Crippen molar-refractivity contribution in [2.24, 2.45) is 0 Å². The molecule has 1 aromatic carbocycles. The highest BCUT2D eigenvalue weighted by molar-refractivity contribution is 7.18. The van der Waals surface area contributed by atoms with Gasteiger partial charge in [0.05, 0.1) is 43.0 Å². The first-order chi connectivity index (χ1) is 21.0. The number of nitrogens with zero attached hydrogens (tertiary/aromatic N) is 6. The lowest BCUT2D eigenvalue weighted by atomic mass is 9.98. The first-order valence-corrected chi connectivity index (χ1v) is 15.0. The van der Waals surface area contributed by atoms with E-state index in [0.29, 0.717) is 32.0 Å². The van der Waals surface area contributed by atoms with Gasteiger partial charge in [-0.15, -0.1) is 11.3 Å². The van der Waals surface area contributed by atoms with E-state index in [1.54, 1.807) is 29.4 Å². The number of aromatic amines is 1. The van der Waals surface area contributed by atoms with Gasteiger partial charge in [-0.3, -0.25) is 14.6 Å². The summed E-state index contributed by atoms with van der Waals surface area (Å²) < 4.78 is 28.7. The highest BCUT2D eigenvalue weighted by Gasteiger charge is 2.32. The molecule has 1 fully saturated rings. The molecular weight excluding hydrogens is 569 g/mol. The highest BCUT2D eigenvalue weighted by Crippen LogP contribution is 2.46. The maximum absolute atomic E-state index is 14.5. The molecule has 43 heavy (non-hydrogen) atoms. The topological polar surface area (TPSA) is 101 Å². The van der Waals surface area contributed by atoms with Crippen LogP contribution in [0.5, 0.6) is 5.75 Å². The van der Waals surface area contributed by atoms with Gasteiger partial charge in [-0.2, -0.15) is 10.2 Å². The number of pyridine rings is 1. The number of methoxy groups -OCH3 is 1. The fourth-order valence-electron chi connectivity index (χ4n) is 5.75. The number of carbonyl (C=O) groups is 1. The number of halogens is 1. The largest absolute Gasteiger partial charge is 0.490 e. The molecule has 0 spiro atoms. The van der Waals surface area contributed by atoms with Gasteiger partial charge in [-0.25, -0.2) is 9.37 Å². The molecule has 12 heteroatoms. The predicted molar refractivity (Wildman–Crippen MR) is 163 cm³/mol. The summed E-state index contributed by atoms with van der Waals surface area (Å²) in [6, 6.07) is 6.77. The van der Waals surface area contributed by atoms with Crippen LogP contribution in [0.25, 0.3) is 32.5 Å². The van der Waals surface area contributed by atoms with E-state index in [0.717, 1.165) is 56.9 Å².